The van der Waals surface area contributed by atoms with Crippen molar-refractivity contribution in [3.8, 4) is 5.75 Å². The van der Waals surface area contributed by atoms with E-state index < -0.39 is 28.5 Å². The number of amides is 1. The molecule has 0 saturated carbocycles. The normalized spacial score (nSPS) is 10.9. The van der Waals surface area contributed by atoms with Crippen molar-refractivity contribution in [3.63, 3.8) is 0 Å². The molecule has 144 valence electrons. The molecule has 0 aromatic heterocycles. The Morgan fingerprint density at radius 1 is 1.15 bits per heavy atom. The second kappa shape index (κ2) is 8.85. The maximum atomic E-state index is 12.1. The van der Waals surface area contributed by atoms with Gasteiger partial charge in [0.25, 0.3) is 5.91 Å². The Kier molecular flexibility index (Phi) is 6.78. The van der Waals surface area contributed by atoms with Crippen LogP contribution in [0.5, 0.6) is 5.75 Å². The first kappa shape index (κ1) is 20.7. The van der Waals surface area contributed by atoms with Crippen LogP contribution in [-0.4, -0.2) is 34.0 Å². The number of sulfonamides is 1. The van der Waals surface area contributed by atoms with E-state index in [0.29, 0.717) is 5.75 Å². The number of hydrogen-bond donors (Lipinski definition) is 2. The summed E-state index contributed by atoms with van der Waals surface area (Å²) in [6.45, 7) is -0.313. The monoisotopic (exact) mass is 412 g/mol. The summed E-state index contributed by atoms with van der Waals surface area (Å²) >= 11 is 5.88. The van der Waals surface area contributed by atoms with Crippen LogP contribution in [0.15, 0.2) is 47.4 Å². The number of rotatable bonds is 7. The summed E-state index contributed by atoms with van der Waals surface area (Å²) < 4.78 is 32.6. The minimum Gasteiger partial charge on any atom is -0.497 e. The van der Waals surface area contributed by atoms with Crippen LogP contribution in [0.1, 0.15) is 15.9 Å². The molecular weight excluding hydrogens is 396 g/mol. The second-order valence-corrected chi connectivity index (χ2v) is 7.36. The third-order valence-electron chi connectivity index (χ3n) is 3.47. The van der Waals surface area contributed by atoms with Gasteiger partial charge in [0.2, 0.25) is 10.0 Å². The zero-order chi connectivity index (χ0) is 20.0. The predicted molar refractivity (Wildman–Crippen MR) is 97.9 cm³/mol. The first-order chi connectivity index (χ1) is 12.7. The summed E-state index contributed by atoms with van der Waals surface area (Å²) in [6.07, 6.45) is 0. The van der Waals surface area contributed by atoms with Crippen molar-refractivity contribution in [3.05, 3.63) is 58.6 Å². The number of benzene rings is 2. The number of nitrogens with one attached hydrogen (secondary N) is 1. The molecule has 0 aliphatic heterocycles. The van der Waals surface area contributed by atoms with E-state index in [-0.39, 0.29) is 22.0 Å². The van der Waals surface area contributed by atoms with E-state index >= 15 is 0 Å². The van der Waals surface area contributed by atoms with Crippen molar-refractivity contribution in [2.45, 2.75) is 11.4 Å². The van der Waals surface area contributed by atoms with Gasteiger partial charge in [-0.15, -0.1) is 0 Å². The fourth-order valence-corrected chi connectivity index (χ4v) is 2.78. The molecular formula is C17H17ClN2O6S. The number of primary sulfonamides is 1. The molecule has 0 radical (unpaired) electrons. The van der Waals surface area contributed by atoms with Crippen LogP contribution in [0.3, 0.4) is 0 Å². The first-order valence-electron chi connectivity index (χ1n) is 7.60. The first-order valence-corrected chi connectivity index (χ1v) is 9.52. The van der Waals surface area contributed by atoms with E-state index in [0.717, 1.165) is 17.7 Å². The van der Waals surface area contributed by atoms with Crippen molar-refractivity contribution in [2.24, 2.45) is 5.14 Å². The standard InChI is InChI=1S/C17H17ClN2O6S/c1-25-12-4-2-11(3-5-12)9-20-16(21)10-26-17(22)14-8-13(27(19,23)24)6-7-15(14)18/h2-8H,9-10H2,1H3,(H,20,21)(H2,19,23,24). The van der Waals surface area contributed by atoms with Gasteiger partial charge in [0.15, 0.2) is 6.61 Å². The third kappa shape index (κ3) is 5.95. The van der Waals surface area contributed by atoms with Gasteiger partial charge in [-0.25, -0.2) is 18.4 Å². The summed E-state index contributed by atoms with van der Waals surface area (Å²) in [5.41, 5.74) is 0.630. The van der Waals surface area contributed by atoms with Gasteiger partial charge < -0.3 is 14.8 Å². The molecule has 0 bridgehead atoms. The molecule has 0 saturated heterocycles. The molecule has 2 rings (SSSR count). The fraction of sp³-hybridized carbons (Fsp3) is 0.176. The molecule has 8 nitrogen and oxygen atoms in total. The highest BCUT2D eigenvalue weighted by molar-refractivity contribution is 7.89. The largest absolute Gasteiger partial charge is 0.497 e. The quantitative estimate of drug-likeness (QED) is 0.663. The summed E-state index contributed by atoms with van der Waals surface area (Å²) in [5.74, 6) is -0.777. The topological polar surface area (TPSA) is 125 Å². The molecule has 0 spiro atoms. The van der Waals surface area contributed by atoms with E-state index in [9.17, 15) is 18.0 Å². The Labute approximate surface area is 161 Å². The van der Waals surface area contributed by atoms with Gasteiger partial charge in [-0.3, -0.25) is 4.79 Å². The second-order valence-electron chi connectivity index (χ2n) is 5.39. The van der Waals surface area contributed by atoms with Gasteiger partial charge in [0.1, 0.15) is 5.75 Å². The Morgan fingerprint density at radius 3 is 2.41 bits per heavy atom. The van der Waals surface area contributed by atoms with Crippen molar-refractivity contribution >= 4 is 33.5 Å². The highest BCUT2D eigenvalue weighted by Crippen LogP contribution is 2.20. The SMILES string of the molecule is COc1ccc(CNC(=O)COC(=O)c2cc(S(N)(=O)=O)ccc2Cl)cc1. The molecule has 2 aromatic carbocycles. The van der Waals surface area contributed by atoms with E-state index in [4.69, 9.17) is 26.2 Å². The van der Waals surface area contributed by atoms with Crippen molar-refractivity contribution in [1.29, 1.82) is 0 Å². The Balaban J connectivity index is 1.92. The number of carbonyl (C=O) groups is 2. The summed E-state index contributed by atoms with van der Waals surface area (Å²) in [7, 11) is -2.45. The maximum absolute atomic E-state index is 12.1. The van der Waals surface area contributed by atoms with Gasteiger partial charge in [-0.2, -0.15) is 0 Å². The van der Waals surface area contributed by atoms with E-state index in [1.165, 1.54) is 6.07 Å². The molecule has 10 heteroatoms. The fourth-order valence-electron chi connectivity index (χ4n) is 2.04. The van der Waals surface area contributed by atoms with Gasteiger partial charge in [0, 0.05) is 6.54 Å². The van der Waals surface area contributed by atoms with Crippen LogP contribution in [0.2, 0.25) is 5.02 Å². The van der Waals surface area contributed by atoms with Crippen LogP contribution in [-0.2, 0) is 26.1 Å². The molecule has 0 unspecified atom stereocenters. The number of ether oxygens (including phenoxy) is 2. The number of nitrogens with two attached hydrogens (primary N) is 1. The number of hydrogen-bond acceptors (Lipinski definition) is 6. The highest BCUT2D eigenvalue weighted by Gasteiger charge is 2.18. The lowest BCUT2D eigenvalue weighted by atomic mass is 10.2. The van der Waals surface area contributed by atoms with E-state index in [2.05, 4.69) is 5.32 Å². The molecule has 0 heterocycles. The smallest absolute Gasteiger partial charge is 0.340 e. The number of esters is 1. The van der Waals surface area contributed by atoms with Crippen LogP contribution in [0, 0.1) is 0 Å². The maximum Gasteiger partial charge on any atom is 0.340 e. The minimum absolute atomic E-state index is 0.0222. The zero-order valence-corrected chi connectivity index (χ0v) is 15.8. The molecule has 0 atom stereocenters. The third-order valence-corrected chi connectivity index (χ3v) is 4.71. The van der Waals surface area contributed by atoms with Crippen LogP contribution in [0.25, 0.3) is 0 Å². The summed E-state index contributed by atoms with van der Waals surface area (Å²) in [5, 5.41) is 7.58. The highest BCUT2D eigenvalue weighted by atomic mass is 35.5. The lowest BCUT2D eigenvalue weighted by Crippen LogP contribution is -2.28. The van der Waals surface area contributed by atoms with Gasteiger partial charge in [0.05, 0.1) is 22.6 Å². The zero-order valence-electron chi connectivity index (χ0n) is 14.3. The van der Waals surface area contributed by atoms with Crippen molar-refractivity contribution in [1.82, 2.24) is 5.32 Å². The van der Waals surface area contributed by atoms with E-state index in [1.54, 1.807) is 31.4 Å². The number of halogens is 1. The average Bonchev–Trinajstić information content (AvgIpc) is 2.64. The molecule has 1 amide bonds. The molecule has 0 aliphatic rings. The minimum atomic E-state index is -4.01. The molecule has 0 aliphatic carbocycles. The lowest BCUT2D eigenvalue weighted by molar-refractivity contribution is -0.124. The van der Waals surface area contributed by atoms with Gasteiger partial charge >= 0.3 is 5.97 Å². The Bertz CT molecular complexity index is 944. The number of methoxy groups -OCH3 is 1. The number of carbonyl (C=O) groups excluding carboxylic acids is 2. The average molecular weight is 413 g/mol. The van der Waals surface area contributed by atoms with Crippen LogP contribution < -0.4 is 15.2 Å². The summed E-state index contributed by atoms with van der Waals surface area (Å²) in [6, 6.07) is 10.4. The predicted octanol–water partition coefficient (Wildman–Crippen LogP) is 1.47. The van der Waals surface area contributed by atoms with Crippen LogP contribution >= 0.6 is 11.6 Å². The molecule has 27 heavy (non-hydrogen) atoms. The Morgan fingerprint density at radius 2 is 1.81 bits per heavy atom. The molecule has 0 fully saturated rings. The lowest BCUT2D eigenvalue weighted by Gasteiger charge is -2.09. The van der Waals surface area contributed by atoms with Crippen molar-refractivity contribution < 1.29 is 27.5 Å². The van der Waals surface area contributed by atoms with Gasteiger partial charge in [-0.05, 0) is 35.9 Å². The van der Waals surface area contributed by atoms with Crippen LogP contribution in [0.4, 0.5) is 0 Å². The van der Waals surface area contributed by atoms with E-state index in [1.807, 2.05) is 0 Å². The molecule has 2 aromatic rings. The van der Waals surface area contributed by atoms with Gasteiger partial charge in [-0.1, -0.05) is 23.7 Å². The van der Waals surface area contributed by atoms with Crippen molar-refractivity contribution in [2.75, 3.05) is 13.7 Å². The summed E-state index contributed by atoms with van der Waals surface area (Å²) in [4.78, 5) is 23.6. The molecule has 3 N–H and O–H groups in total. The Hall–Kier alpha value is -2.62.